The number of nitrogens with zero attached hydrogens (tertiary/aromatic N) is 1. The van der Waals surface area contributed by atoms with Crippen LogP contribution in [-0.4, -0.2) is 26.6 Å². The average molecular weight is 425 g/mol. The third-order valence-corrected chi connectivity index (χ3v) is 7.10. The summed E-state index contributed by atoms with van der Waals surface area (Å²) in [5, 5.41) is 0. The molecule has 0 aromatic heterocycles. The summed E-state index contributed by atoms with van der Waals surface area (Å²) in [7, 11) is -3.61. The number of benzene rings is 3. The molecule has 0 saturated heterocycles. The molecule has 3 aromatic rings. The van der Waals surface area contributed by atoms with E-state index in [1.165, 1.54) is 17.3 Å². The molecule has 0 aliphatic carbocycles. The minimum atomic E-state index is -3.61. The second-order valence-electron chi connectivity index (χ2n) is 6.66. The maximum absolute atomic E-state index is 12.6. The molecule has 5 nitrogen and oxygen atoms in total. The molecule has 0 fully saturated rings. The first-order valence-electron chi connectivity index (χ1n) is 9.22. The molecule has 3 aromatic carbocycles. The van der Waals surface area contributed by atoms with E-state index in [0.29, 0.717) is 11.4 Å². The van der Waals surface area contributed by atoms with Crippen molar-refractivity contribution in [2.75, 3.05) is 21.9 Å². The van der Waals surface area contributed by atoms with Crippen molar-refractivity contribution in [2.24, 2.45) is 0 Å². The van der Waals surface area contributed by atoms with Gasteiger partial charge in [-0.05, 0) is 54.4 Å². The lowest BCUT2D eigenvalue weighted by Crippen LogP contribution is -2.30. The number of sulfonamides is 1. The van der Waals surface area contributed by atoms with Crippen molar-refractivity contribution in [1.29, 1.82) is 0 Å². The van der Waals surface area contributed by atoms with E-state index in [1.807, 2.05) is 35.2 Å². The van der Waals surface area contributed by atoms with Crippen molar-refractivity contribution < 1.29 is 13.2 Å². The maximum atomic E-state index is 12.6. The van der Waals surface area contributed by atoms with E-state index in [9.17, 15) is 13.2 Å². The summed E-state index contributed by atoms with van der Waals surface area (Å²) in [4.78, 5) is 15.6. The summed E-state index contributed by atoms with van der Waals surface area (Å²) in [6.07, 6.45) is 0.892. The van der Waals surface area contributed by atoms with Gasteiger partial charge in [-0.15, -0.1) is 11.8 Å². The standard InChI is InChI=1S/C22H20N2O3S2/c25-22(24-15-14-17-6-4-5-9-21(17)24)16-28-19-12-10-18(11-13-19)23-29(26,27)20-7-2-1-3-8-20/h1-13,23H,14-16H2. The van der Waals surface area contributed by atoms with Gasteiger partial charge in [0.05, 0.1) is 10.6 Å². The van der Waals surface area contributed by atoms with Crippen LogP contribution in [0.3, 0.4) is 0 Å². The molecule has 7 heteroatoms. The number of carbonyl (C=O) groups is 1. The molecule has 1 N–H and O–H groups in total. The Bertz CT molecular complexity index is 1110. The number of hydrogen-bond donors (Lipinski definition) is 1. The monoisotopic (exact) mass is 424 g/mol. The fourth-order valence-electron chi connectivity index (χ4n) is 3.25. The first kappa shape index (κ1) is 19.5. The maximum Gasteiger partial charge on any atom is 0.261 e. The van der Waals surface area contributed by atoms with E-state index >= 15 is 0 Å². The van der Waals surface area contributed by atoms with Gasteiger partial charge in [0.25, 0.3) is 10.0 Å². The molecular formula is C22H20N2O3S2. The van der Waals surface area contributed by atoms with Crippen LogP contribution in [0.15, 0.2) is 88.7 Å². The quantitative estimate of drug-likeness (QED) is 0.603. The zero-order valence-electron chi connectivity index (χ0n) is 15.6. The summed E-state index contributed by atoms with van der Waals surface area (Å²) >= 11 is 1.44. The first-order chi connectivity index (χ1) is 14.0. The Labute approximate surface area is 174 Å². The van der Waals surface area contributed by atoms with Crippen molar-refractivity contribution >= 4 is 39.1 Å². The third kappa shape index (κ3) is 4.46. The predicted octanol–water partition coefficient (Wildman–Crippen LogP) is 4.17. The van der Waals surface area contributed by atoms with Gasteiger partial charge in [-0.25, -0.2) is 8.42 Å². The average Bonchev–Trinajstić information content (AvgIpc) is 3.18. The van der Waals surface area contributed by atoms with E-state index in [2.05, 4.69) is 10.8 Å². The third-order valence-electron chi connectivity index (χ3n) is 4.71. The van der Waals surface area contributed by atoms with Gasteiger partial charge in [0.1, 0.15) is 0 Å². The highest BCUT2D eigenvalue weighted by Crippen LogP contribution is 2.29. The van der Waals surface area contributed by atoms with Gasteiger partial charge in [-0.1, -0.05) is 36.4 Å². The van der Waals surface area contributed by atoms with Gasteiger partial charge in [0, 0.05) is 22.8 Å². The Kier molecular flexibility index (Phi) is 5.60. The summed E-state index contributed by atoms with van der Waals surface area (Å²) in [5.74, 6) is 0.414. The molecule has 0 unspecified atom stereocenters. The normalized spacial score (nSPS) is 13.2. The predicted molar refractivity (Wildman–Crippen MR) is 117 cm³/mol. The van der Waals surface area contributed by atoms with E-state index in [1.54, 1.807) is 42.5 Å². The van der Waals surface area contributed by atoms with Crippen molar-refractivity contribution in [2.45, 2.75) is 16.2 Å². The topological polar surface area (TPSA) is 66.5 Å². The first-order valence-corrected chi connectivity index (χ1v) is 11.7. The lowest BCUT2D eigenvalue weighted by Gasteiger charge is -2.17. The molecule has 0 radical (unpaired) electrons. The second kappa shape index (κ2) is 8.31. The van der Waals surface area contributed by atoms with Crippen LogP contribution in [0, 0.1) is 0 Å². The fourth-order valence-corrected chi connectivity index (χ4v) is 5.11. The van der Waals surface area contributed by atoms with E-state index in [-0.39, 0.29) is 10.8 Å². The summed E-state index contributed by atoms with van der Waals surface area (Å²) in [5.41, 5.74) is 2.70. The number of hydrogen-bond acceptors (Lipinski definition) is 4. The second-order valence-corrected chi connectivity index (χ2v) is 9.39. The number of fused-ring (bicyclic) bond motifs is 1. The smallest absolute Gasteiger partial charge is 0.261 e. The molecule has 0 atom stereocenters. The summed E-state index contributed by atoms with van der Waals surface area (Å²) in [6.45, 7) is 0.721. The fraction of sp³-hybridized carbons (Fsp3) is 0.136. The van der Waals surface area contributed by atoms with Crippen molar-refractivity contribution in [3.05, 3.63) is 84.4 Å². The molecule has 4 rings (SSSR count). The number of amides is 1. The minimum Gasteiger partial charge on any atom is -0.311 e. The SMILES string of the molecule is O=C(CSc1ccc(NS(=O)(=O)c2ccccc2)cc1)N1CCc2ccccc21. The van der Waals surface area contributed by atoms with Gasteiger partial charge >= 0.3 is 0 Å². The van der Waals surface area contributed by atoms with Crippen LogP contribution >= 0.6 is 11.8 Å². The molecule has 1 aliphatic heterocycles. The molecule has 1 aliphatic rings. The van der Waals surface area contributed by atoms with Crippen LogP contribution in [0.4, 0.5) is 11.4 Å². The Morgan fingerprint density at radius 2 is 1.62 bits per heavy atom. The number of rotatable bonds is 6. The summed E-state index contributed by atoms with van der Waals surface area (Å²) < 4.78 is 27.3. The summed E-state index contributed by atoms with van der Waals surface area (Å²) in [6, 6.07) is 23.3. The van der Waals surface area contributed by atoms with E-state index < -0.39 is 10.0 Å². The van der Waals surface area contributed by atoms with Crippen LogP contribution in [-0.2, 0) is 21.2 Å². The molecule has 1 heterocycles. The van der Waals surface area contributed by atoms with Gasteiger partial charge in [0.15, 0.2) is 0 Å². The molecule has 1 amide bonds. The zero-order chi connectivity index (χ0) is 20.3. The van der Waals surface area contributed by atoms with Crippen molar-refractivity contribution in [1.82, 2.24) is 0 Å². The van der Waals surface area contributed by atoms with Crippen LogP contribution in [0.25, 0.3) is 0 Å². The van der Waals surface area contributed by atoms with Crippen LogP contribution in [0.2, 0.25) is 0 Å². The zero-order valence-corrected chi connectivity index (χ0v) is 17.2. The minimum absolute atomic E-state index is 0.0776. The molecule has 0 spiro atoms. The lowest BCUT2D eigenvalue weighted by molar-refractivity contribution is -0.116. The van der Waals surface area contributed by atoms with Crippen LogP contribution in [0.5, 0.6) is 0 Å². The van der Waals surface area contributed by atoms with Gasteiger partial charge in [-0.2, -0.15) is 0 Å². The van der Waals surface area contributed by atoms with E-state index in [0.717, 1.165) is 23.5 Å². The Balaban J connectivity index is 1.36. The highest BCUT2D eigenvalue weighted by molar-refractivity contribution is 8.00. The number of thioether (sulfide) groups is 1. The van der Waals surface area contributed by atoms with Crippen LogP contribution in [0.1, 0.15) is 5.56 Å². The highest BCUT2D eigenvalue weighted by atomic mass is 32.2. The number of carbonyl (C=O) groups excluding carboxylic acids is 1. The Morgan fingerprint density at radius 1 is 0.931 bits per heavy atom. The molecule has 0 saturated carbocycles. The Hall–Kier alpha value is -2.77. The Morgan fingerprint density at radius 3 is 2.38 bits per heavy atom. The molecule has 148 valence electrons. The van der Waals surface area contributed by atoms with Crippen molar-refractivity contribution in [3.8, 4) is 0 Å². The molecule has 0 bridgehead atoms. The number of para-hydroxylation sites is 1. The molecular weight excluding hydrogens is 404 g/mol. The largest absolute Gasteiger partial charge is 0.311 e. The van der Waals surface area contributed by atoms with E-state index in [4.69, 9.17) is 0 Å². The highest BCUT2D eigenvalue weighted by Gasteiger charge is 2.23. The van der Waals surface area contributed by atoms with Crippen molar-refractivity contribution in [3.63, 3.8) is 0 Å². The van der Waals surface area contributed by atoms with Crippen LogP contribution < -0.4 is 9.62 Å². The molecule has 29 heavy (non-hydrogen) atoms. The van der Waals surface area contributed by atoms with Gasteiger partial charge in [-0.3, -0.25) is 9.52 Å². The van der Waals surface area contributed by atoms with Gasteiger partial charge in [0.2, 0.25) is 5.91 Å². The van der Waals surface area contributed by atoms with Gasteiger partial charge < -0.3 is 4.90 Å². The number of anilines is 2. The number of nitrogens with one attached hydrogen (secondary N) is 1. The lowest BCUT2D eigenvalue weighted by atomic mass is 10.2.